The fraction of sp³-hybridized carbons (Fsp3) is 0.343. The topological polar surface area (TPSA) is 37.3 Å². The lowest BCUT2D eigenvalue weighted by molar-refractivity contribution is -0.139. The van der Waals surface area contributed by atoms with E-state index in [0.717, 1.165) is 36.8 Å². The van der Waals surface area contributed by atoms with Crippen LogP contribution in [0.1, 0.15) is 72.0 Å². The molecule has 0 aromatic heterocycles. The van der Waals surface area contributed by atoms with Gasteiger partial charge in [0.1, 0.15) is 5.04 Å². The Morgan fingerprint density at radius 3 is 2.55 bits per heavy atom. The van der Waals surface area contributed by atoms with Gasteiger partial charge in [-0.3, -0.25) is 4.79 Å². The molecule has 3 atom stereocenters. The van der Waals surface area contributed by atoms with Gasteiger partial charge in [0, 0.05) is 0 Å². The lowest BCUT2D eigenvalue weighted by Crippen LogP contribution is -2.58. The van der Waals surface area contributed by atoms with Crippen molar-refractivity contribution in [1.82, 2.24) is 0 Å². The molecule has 2 nitrogen and oxygen atoms in total. The summed E-state index contributed by atoms with van der Waals surface area (Å²) in [6.45, 7) is 9.12. The molecule has 0 saturated carbocycles. The van der Waals surface area contributed by atoms with Gasteiger partial charge in [-0.15, -0.1) is 0 Å². The predicted octanol–water partition coefficient (Wildman–Crippen LogP) is 8.60. The highest BCUT2D eigenvalue weighted by molar-refractivity contribution is 6.86. The quantitative estimate of drug-likeness (QED) is 0.318. The van der Waals surface area contributed by atoms with Crippen LogP contribution < -0.4 is 0 Å². The largest absolute Gasteiger partial charge is 0.481 e. The fourth-order valence-corrected chi connectivity index (χ4v) is 11.9. The zero-order chi connectivity index (χ0) is 26.7. The van der Waals surface area contributed by atoms with Crippen LogP contribution in [-0.4, -0.2) is 19.1 Å². The highest BCUT2D eigenvalue weighted by Gasteiger charge is 2.60. The molecule has 6 rings (SSSR count). The second-order valence-corrected chi connectivity index (χ2v) is 17.0. The number of allylic oxidation sites excluding steroid dienone is 2. The van der Waals surface area contributed by atoms with Crippen molar-refractivity contribution in [3.05, 3.63) is 106 Å². The lowest BCUT2D eigenvalue weighted by Gasteiger charge is -2.43. The standard InChI is InChI=1S/C35H38O2Si/c1-5-12-23(2)30-22-35(34(36)37,31-18-10-9-16-27(30)31)38(3,4)32-20-19-28-29(32)21-25-15-11-17-26(25)33(28)24-13-7-6-8-14-24/h6-10,13-14,16,18-23,32H,5,11-12,15,17H2,1-4H3,(H,36,37). The van der Waals surface area contributed by atoms with Crippen molar-refractivity contribution in [2.24, 2.45) is 5.92 Å². The molecular formula is C35H38O2Si. The van der Waals surface area contributed by atoms with Crippen LogP contribution in [0.25, 0.3) is 22.8 Å². The summed E-state index contributed by atoms with van der Waals surface area (Å²) in [7, 11) is -2.58. The number of carboxylic acids is 1. The van der Waals surface area contributed by atoms with Crippen molar-refractivity contribution < 1.29 is 9.90 Å². The van der Waals surface area contributed by atoms with Gasteiger partial charge in [0.15, 0.2) is 0 Å². The number of fused-ring (bicyclic) bond motifs is 3. The molecule has 3 aliphatic rings. The third-order valence-corrected chi connectivity index (χ3v) is 14.5. The molecule has 0 radical (unpaired) electrons. The van der Waals surface area contributed by atoms with E-state index in [0.29, 0.717) is 5.92 Å². The van der Waals surface area contributed by atoms with E-state index in [-0.39, 0.29) is 5.54 Å². The molecule has 0 aliphatic heterocycles. The summed E-state index contributed by atoms with van der Waals surface area (Å²) in [4.78, 5) is 13.6. The Balaban J connectivity index is 1.55. The SMILES string of the molecule is CCCC(C)C1=CC(C(=O)O)([Si](C)(C)C2C=Cc3c2cc2c(c3-c3ccccc3)CCC2)c2ccccc21. The summed E-state index contributed by atoms with van der Waals surface area (Å²) in [6, 6.07) is 21.6. The second-order valence-electron chi connectivity index (χ2n) is 12.1. The minimum Gasteiger partial charge on any atom is -0.481 e. The van der Waals surface area contributed by atoms with Crippen LogP contribution in [0, 0.1) is 5.92 Å². The number of aryl methyl sites for hydroxylation is 1. The Labute approximate surface area is 228 Å². The summed E-state index contributed by atoms with van der Waals surface area (Å²) < 4.78 is 0. The van der Waals surface area contributed by atoms with E-state index in [1.54, 1.807) is 0 Å². The number of aliphatic carboxylic acids is 1. The summed E-state index contributed by atoms with van der Waals surface area (Å²) >= 11 is 0. The van der Waals surface area contributed by atoms with Crippen molar-refractivity contribution in [2.75, 3.05) is 0 Å². The third-order valence-electron chi connectivity index (χ3n) is 9.74. The highest BCUT2D eigenvalue weighted by Crippen LogP contribution is 2.55. The Kier molecular flexibility index (Phi) is 6.11. The first-order chi connectivity index (χ1) is 18.3. The minimum absolute atomic E-state index is 0.132. The molecule has 38 heavy (non-hydrogen) atoms. The van der Waals surface area contributed by atoms with Gasteiger partial charge < -0.3 is 5.11 Å². The number of benzene rings is 3. The number of rotatable bonds is 7. The van der Waals surface area contributed by atoms with Gasteiger partial charge in [-0.25, -0.2) is 0 Å². The van der Waals surface area contributed by atoms with E-state index in [4.69, 9.17) is 0 Å². The molecule has 3 aliphatic carbocycles. The average Bonchev–Trinajstić information content (AvgIpc) is 3.64. The van der Waals surface area contributed by atoms with Crippen LogP contribution in [-0.2, 0) is 22.7 Å². The Morgan fingerprint density at radius 2 is 1.82 bits per heavy atom. The van der Waals surface area contributed by atoms with Gasteiger partial charge in [-0.05, 0) is 87.2 Å². The van der Waals surface area contributed by atoms with Gasteiger partial charge in [-0.1, -0.05) is 112 Å². The maximum Gasteiger partial charge on any atom is 0.315 e. The Morgan fingerprint density at radius 1 is 1.08 bits per heavy atom. The van der Waals surface area contributed by atoms with Crippen LogP contribution in [0.15, 0.2) is 72.8 Å². The van der Waals surface area contributed by atoms with Crippen LogP contribution in [0.3, 0.4) is 0 Å². The molecule has 3 aromatic carbocycles. The first kappa shape index (κ1) is 25.1. The first-order valence-electron chi connectivity index (χ1n) is 14.3. The van der Waals surface area contributed by atoms with Gasteiger partial charge in [0.25, 0.3) is 0 Å². The minimum atomic E-state index is -2.58. The normalized spacial score (nSPS) is 22.1. The molecule has 3 unspecified atom stereocenters. The third kappa shape index (κ3) is 3.47. The van der Waals surface area contributed by atoms with E-state index in [9.17, 15) is 9.90 Å². The molecule has 0 heterocycles. The van der Waals surface area contributed by atoms with E-state index >= 15 is 0 Å². The molecule has 0 saturated heterocycles. The smallest absolute Gasteiger partial charge is 0.315 e. The van der Waals surface area contributed by atoms with Crippen LogP contribution >= 0.6 is 0 Å². The van der Waals surface area contributed by atoms with E-state index in [2.05, 4.69) is 99.8 Å². The van der Waals surface area contributed by atoms with Crippen molar-refractivity contribution in [3.63, 3.8) is 0 Å². The Bertz CT molecular complexity index is 1480. The molecule has 0 bridgehead atoms. The molecule has 194 valence electrons. The van der Waals surface area contributed by atoms with Gasteiger partial charge in [0.2, 0.25) is 0 Å². The fourth-order valence-electron chi connectivity index (χ4n) is 7.78. The van der Waals surface area contributed by atoms with Crippen molar-refractivity contribution in [2.45, 2.75) is 69.6 Å². The highest BCUT2D eigenvalue weighted by atomic mass is 28.3. The number of carbonyl (C=O) groups is 1. The maximum atomic E-state index is 13.6. The van der Waals surface area contributed by atoms with Crippen LogP contribution in [0.5, 0.6) is 0 Å². The second kappa shape index (κ2) is 9.23. The molecular weight excluding hydrogens is 480 g/mol. The van der Waals surface area contributed by atoms with Crippen LogP contribution in [0.2, 0.25) is 13.1 Å². The van der Waals surface area contributed by atoms with Gasteiger partial charge in [0.05, 0.1) is 8.07 Å². The lowest BCUT2D eigenvalue weighted by atomic mass is 9.89. The van der Waals surface area contributed by atoms with Crippen LogP contribution in [0.4, 0.5) is 0 Å². The maximum absolute atomic E-state index is 13.6. The average molecular weight is 519 g/mol. The van der Waals surface area contributed by atoms with E-state index < -0.39 is 19.1 Å². The summed E-state index contributed by atoms with van der Waals surface area (Å²) in [5.74, 6) is -0.349. The van der Waals surface area contributed by atoms with Crippen molar-refractivity contribution in [3.8, 4) is 11.1 Å². The number of hydrogen-bond donors (Lipinski definition) is 1. The summed E-state index contributed by atoms with van der Waals surface area (Å²) in [6.07, 6.45) is 12.5. The predicted molar refractivity (Wildman–Crippen MR) is 161 cm³/mol. The summed E-state index contributed by atoms with van der Waals surface area (Å²) in [5, 5.41) is 10.2. The van der Waals surface area contributed by atoms with E-state index in [1.807, 2.05) is 6.07 Å². The molecule has 3 aromatic rings. The van der Waals surface area contributed by atoms with E-state index in [1.165, 1.54) is 45.4 Å². The number of carboxylic acid groups (broad SMARTS) is 1. The van der Waals surface area contributed by atoms with Crippen molar-refractivity contribution in [1.29, 1.82) is 0 Å². The first-order valence-corrected chi connectivity index (χ1v) is 17.4. The molecule has 0 spiro atoms. The Hall–Kier alpha value is -3.17. The molecule has 1 N–H and O–H groups in total. The van der Waals surface area contributed by atoms with Gasteiger partial charge in [-0.2, -0.15) is 0 Å². The summed E-state index contributed by atoms with van der Waals surface area (Å²) in [5.41, 5.74) is 11.8. The number of hydrogen-bond acceptors (Lipinski definition) is 1. The molecule has 3 heteroatoms. The zero-order valence-electron chi connectivity index (χ0n) is 23.1. The molecule has 0 fully saturated rings. The van der Waals surface area contributed by atoms with Crippen molar-refractivity contribution >= 4 is 25.7 Å². The monoisotopic (exact) mass is 518 g/mol. The molecule has 0 amide bonds. The zero-order valence-corrected chi connectivity index (χ0v) is 24.1. The van der Waals surface area contributed by atoms with Gasteiger partial charge >= 0.3 is 5.97 Å².